The van der Waals surface area contributed by atoms with Crippen molar-refractivity contribution in [1.82, 2.24) is 0 Å². The molecule has 22 heavy (non-hydrogen) atoms. The molecule has 4 rings (SSSR count). The van der Waals surface area contributed by atoms with E-state index in [9.17, 15) is 9.90 Å². The molecule has 0 bridgehead atoms. The Hall–Kier alpha value is -0.630. The topological polar surface area (TPSA) is 37.3 Å². The molecule has 1 N–H and O–H groups in total. The molecule has 2 nitrogen and oxygen atoms in total. The van der Waals surface area contributed by atoms with Gasteiger partial charge in [-0.1, -0.05) is 19.4 Å². The fourth-order valence-corrected chi connectivity index (χ4v) is 6.44. The Morgan fingerprint density at radius 1 is 1.18 bits per heavy atom. The zero-order chi connectivity index (χ0) is 17.5. The molecule has 8 atom stereocenters. The predicted molar refractivity (Wildman–Crippen MR) is 87.3 cm³/mol. The van der Waals surface area contributed by atoms with Crippen molar-refractivity contribution in [3.8, 4) is 0 Å². The molecule has 0 aromatic rings. The van der Waals surface area contributed by atoms with Crippen molar-refractivity contribution in [1.29, 1.82) is 0 Å². The van der Waals surface area contributed by atoms with Crippen LogP contribution in [0.4, 0.5) is 0 Å². The van der Waals surface area contributed by atoms with Crippen LogP contribution in [0.25, 0.3) is 0 Å². The molecule has 3 fully saturated rings. The zero-order valence-corrected chi connectivity index (χ0v) is 14.1. The molecule has 0 heterocycles. The SMILES string of the molecule is [2H]C1C(=O)C=C2CC[C@H]3[C@@H]4CC[C@](C)(O)[C@@]4(C)CC[C@@H]3[C@@]2(C)C1[2H]. The van der Waals surface area contributed by atoms with E-state index in [4.69, 9.17) is 2.74 Å². The first-order valence-corrected chi connectivity index (χ1v) is 8.95. The second kappa shape index (κ2) is 4.47. The molecular weight excluding hydrogens is 272 g/mol. The Morgan fingerprint density at radius 3 is 2.68 bits per heavy atom. The molecule has 0 radical (unpaired) electrons. The van der Waals surface area contributed by atoms with Crippen molar-refractivity contribution >= 4 is 5.78 Å². The highest BCUT2D eigenvalue weighted by atomic mass is 16.3. The van der Waals surface area contributed by atoms with E-state index < -0.39 is 18.4 Å². The molecule has 4 aliphatic rings. The summed E-state index contributed by atoms with van der Waals surface area (Å²) < 4.78 is 16.8. The summed E-state index contributed by atoms with van der Waals surface area (Å²) in [6, 6.07) is 0. The lowest BCUT2D eigenvalue weighted by Gasteiger charge is -2.58. The highest BCUT2D eigenvalue weighted by Gasteiger charge is 2.62. The van der Waals surface area contributed by atoms with E-state index in [0.29, 0.717) is 17.8 Å². The number of allylic oxidation sites excluding steroid dienone is 1. The predicted octanol–water partition coefficient (Wildman–Crippen LogP) is 4.27. The lowest BCUT2D eigenvalue weighted by molar-refractivity contribution is -0.124. The average molecular weight is 304 g/mol. The summed E-state index contributed by atoms with van der Waals surface area (Å²) in [7, 11) is 0. The van der Waals surface area contributed by atoms with E-state index >= 15 is 0 Å². The summed E-state index contributed by atoms with van der Waals surface area (Å²) in [4.78, 5) is 12.1. The molecular formula is C20H30O2. The summed E-state index contributed by atoms with van der Waals surface area (Å²) in [6.07, 6.45) is 6.05. The Labute approximate surface area is 137 Å². The van der Waals surface area contributed by atoms with Gasteiger partial charge in [0, 0.05) is 9.14 Å². The molecule has 0 aromatic carbocycles. The van der Waals surface area contributed by atoms with Crippen LogP contribution in [0.3, 0.4) is 0 Å². The molecule has 122 valence electrons. The van der Waals surface area contributed by atoms with E-state index in [0.717, 1.165) is 44.1 Å². The maximum Gasteiger partial charge on any atom is 0.155 e. The number of ketones is 1. The highest BCUT2D eigenvalue weighted by Crippen LogP contribution is 2.67. The standard InChI is InChI=1S/C20H30O2/c1-18-9-6-14(21)12-13(18)4-5-15-16(18)7-10-19(2)17(15)8-11-20(19,3)22/h12,15-17,22H,4-11H2,1-3H3/t15-,16+,17+,18+,19+,20+/m1/s1/i6D,9D/t6?,9?,15-,16+,17+,18+,19+,20+. The molecule has 0 aromatic heterocycles. The van der Waals surface area contributed by atoms with Gasteiger partial charge in [0.2, 0.25) is 0 Å². The fourth-order valence-electron chi connectivity index (χ4n) is 6.44. The normalized spacial score (nSPS) is 62.3. The van der Waals surface area contributed by atoms with Crippen LogP contribution in [-0.4, -0.2) is 16.5 Å². The lowest BCUT2D eigenvalue weighted by atomic mass is 9.46. The van der Waals surface area contributed by atoms with Crippen LogP contribution in [-0.2, 0) is 4.79 Å². The molecule has 0 amide bonds. The molecule has 4 aliphatic carbocycles. The summed E-state index contributed by atoms with van der Waals surface area (Å²) in [5.74, 6) is 1.24. The minimum absolute atomic E-state index is 0.0197. The molecule has 3 saturated carbocycles. The second-order valence-electron chi connectivity index (χ2n) is 8.87. The summed E-state index contributed by atoms with van der Waals surface area (Å²) in [5, 5.41) is 10.9. The van der Waals surface area contributed by atoms with Gasteiger partial charge >= 0.3 is 0 Å². The molecule has 2 heteroatoms. The minimum Gasteiger partial charge on any atom is -0.390 e. The number of hydrogen-bond donors (Lipinski definition) is 1. The van der Waals surface area contributed by atoms with Crippen molar-refractivity contribution in [2.75, 3.05) is 0 Å². The van der Waals surface area contributed by atoms with Gasteiger partial charge in [-0.3, -0.25) is 4.79 Å². The van der Waals surface area contributed by atoms with Gasteiger partial charge in [-0.25, -0.2) is 0 Å². The summed E-state index contributed by atoms with van der Waals surface area (Å²) >= 11 is 0. The zero-order valence-electron chi connectivity index (χ0n) is 16.1. The monoisotopic (exact) mass is 304 g/mol. The van der Waals surface area contributed by atoms with Gasteiger partial charge in [-0.05, 0) is 86.5 Å². The maximum atomic E-state index is 12.1. The van der Waals surface area contributed by atoms with Crippen LogP contribution in [0.1, 0.15) is 74.8 Å². The fraction of sp³-hybridized carbons (Fsp3) is 0.850. The van der Waals surface area contributed by atoms with E-state index in [1.165, 1.54) is 0 Å². The van der Waals surface area contributed by atoms with Crippen LogP contribution in [0.2, 0.25) is 0 Å². The third-order valence-electron chi connectivity index (χ3n) is 8.12. The second-order valence-corrected chi connectivity index (χ2v) is 8.87. The van der Waals surface area contributed by atoms with Crippen LogP contribution < -0.4 is 0 Å². The van der Waals surface area contributed by atoms with Crippen molar-refractivity contribution < 1.29 is 12.6 Å². The Morgan fingerprint density at radius 2 is 1.91 bits per heavy atom. The van der Waals surface area contributed by atoms with Crippen LogP contribution in [0.5, 0.6) is 0 Å². The summed E-state index contributed by atoms with van der Waals surface area (Å²) in [5.41, 5.74) is 0.193. The van der Waals surface area contributed by atoms with Gasteiger partial charge in [0.05, 0.1) is 5.60 Å². The Kier molecular flexibility index (Phi) is 2.59. The smallest absolute Gasteiger partial charge is 0.155 e. The molecule has 0 spiro atoms. The number of hydrogen-bond acceptors (Lipinski definition) is 2. The maximum absolute atomic E-state index is 12.1. The van der Waals surface area contributed by atoms with Crippen molar-refractivity contribution in [3.63, 3.8) is 0 Å². The Balaban J connectivity index is 1.74. The third-order valence-corrected chi connectivity index (χ3v) is 8.12. The van der Waals surface area contributed by atoms with Gasteiger partial charge < -0.3 is 5.11 Å². The Bertz CT molecular complexity index is 613. The van der Waals surface area contributed by atoms with Crippen LogP contribution in [0.15, 0.2) is 11.6 Å². The quantitative estimate of drug-likeness (QED) is 0.725. The number of carbonyl (C=O) groups excluding carboxylic acids is 1. The van der Waals surface area contributed by atoms with Gasteiger partial charge in [-0.2, -0.15) is 0 Å². The number of fused-ring (bicyclic) bond motifs is 5. The first-order chi connectivity index (χ1) is 11.1. The largest absolute Gasteiger partial charge is 0.390 e. The first kappa shape index (κ1) is 12.8. The van der Waals surface area contributed by atoms with E-state index in [2.05, 4.69) is 13.8 Å². The number of rotatable bonds is 0. The highest BCUT2D eigenvalue weighted by molar-refractivity contribution is 5.91. The van der Waals surface area contributed by atoms with Gasteiger partial charge in [0.25, 0.3) is 0 Å². The van der Waals surface area contributed by atoms with Crippen molar-refractivity contribution in [2.45, 2.75) is 77.7 Å². The third kappa shape index (κ3) is 1.74. The number of aliphatic hydroxyl groups is 1. The van der Waals surface area contributed by atoms with E-state index in [1.54, 1.807) is 6.08 Å². The summed E-state index contributed by atoms with van der Waals surface area (Å²) in [6.45, 7) is 6.43. The van der Waals surface area contributed by atoms with Crippen molar-refractivity contribution in [2.24, 2.45) is 28.6 Å². The van der Waals surface area contributed by atoms with Crippen LogP contribution >= 0.6 is 0 Å². The average Bonchev–Trinajstić information content (AvgIpc) is 2.77. The molecule has 0 aliphatic heterocycles. The molecule has 0 saturated heterocycles. The van der Waals surface area contributed by atoms with Gasteiger partial charge in [-0.15, -0.1) is 0 Å². The lowest BCUT2D eigenvalue weighted by Crippen LogP contribution is -2.53. The van der Waals surface area contributed by atoms with E-state index in [1.807, 2.05) is 6.92 Å². The van der Waals surface area contributed by atoms with E-state index in [-0.39, 0.29) is 16.6 Å². The van der Waals surface area contributed by atoms with Crippen molar-refractivity contribution in [3.05, 3.63) is 11.6 Å². The number of carbonyl (C=O) groups is 1. The minimum atomic E-state index is -0.933. The molecule has 2 unspecified atom stereocenters. The first-order valence-electron chi connectivity index (χ1n) is 10.1. The van der Waals surface area contributed by atoms with Gasteiger partial charge in [0.15, 0.2) is 5.78 Å². The van der Waals surface area contributed by atoms with Crippen LogP contribution in [0, 0.1) is 28.6 Å². The van der Waals surface area contributed by atoms with Gasteiger partial charge in [0.1, 0.15) is 0 Å².